The molecule has 32 heavy (non-hydrogen) atoms. The van der Waals surface area contributed by atoms with Crippen molar-refractivity contribution in [3.8, 4) is 11.1 Å². The Kier molecular flexibility index (Phi) is 7.15. The van der Waals surface area contributed by atoms with Crippen molar-refractivity contribution in [1.29, 1.82) is 0 Å². The lowest BCUT2D eigenvalue weighted by molar-refractivity contribution is -0.127. The van der Waals surface area contributed by atoms with E-state index in [1.165, 1.54) is 11.9 Å². The summed E-state index contributed by atoms with van der Waals surface area (Å²) in [5.74, 6) is -1.25. The number of para-hydroxylation sites is 1. The highest BCUT2D eigenvalue weighted by Gasteiger charge is 2.33. The fourth-order valence-electron chi connectivity index (χ4n) is 3.68. The molecule has 1 heterocycles. The van der Waals surface area contributed by atoms with Crippen molar-refractivity contribution in [3.63, 3.8) is 0 Å². The summed E-state index contributed by atoms with van der Waals surface area (Å²) in [5, 5.41) is 15.9. The molecule has 170 valence electrons. The number of hydrogen-bond acceptors (Lipinski definition) is 4. The number of nitrogens with zero attached hydrogens (tertiary/aromatic N) is 1. The van der Waals surface area contributed by atoms with Gasteiger partial charge in [-0.05, 0) is 37.0 Å². The van der Waals surface area contributed by atoms with E-state index in [4.69, 9.17) is 0 Å². The molecule has 4 amide bonds. The van der Waals surface area contributed by atoms with Crippen LogP contribution in [0.2, 0.25) is 0 Å². The largest absolute Gasteiger partial charge is 0.394 e. The Hall–Kier alpha value is -3.39. The van der Waals surface area contributed by atoms with E-state index < -0.39 is 29.9 Å². The minimum atomic E-state index is -0.914. The van der Waals surface area contributed by atoms with Gasteiger partial charge < -0.3 is 15.7 Å². The highest BCUT2D eigenvalue weighted by atomic mass is 16.3. The molecule has 0 spiro atoms. The topological polar surface area (TPSA) is 111 Å². The number of carbonyl (C=O) groups is 3. The van der Waals surface area contributed by atoms with Crippen molar-refractivity contribution in [2.24, 2.45) is 5.92 Å². The predicted molar refractivity (Wildman–Crippen MR) is 123 cm³/mol. The first-order valence-corrected chi connectivity index (χ1v) is 10.7. The van der Waals surface area contributed by atoms with Crippen LogP contribution >= 0.6 is 0 Å². The molecule has 0 unspecified atom stereocenters. The lowest BCUT2D eigenvalue weighted by Crippen LogP contribution is -2.56. The van der Waals surface area contributed by atoms with Gasteiger partial charge in [0.2, 0.25) is 0 Å². The second-order valence-electron chi connectivity index (χ2n) is 8.35. The van der Waals surface area contributed by atoms with Crippen molar-refractivity contribution in [2.75, 3.05) is 11.6 Å². The van der Waals surface area contributed by atoms with Crippen LogP contribution in [-0.2, 0) is 9.59 Å². The molecular weight excluding hydrogens is 408 g/mol. The van der Waals surface area contributed by atoms with Crippen LogP contribution < -0.4 is 21.1 Å². The van der Waals surface area contributed by atoms with Crippen LogP contribution in [0, 0.1) is 5.92 Å². The minimum absolute atomic E-state index is 0.0317. The van der Waals surface area contributed by atoms with E-state index in [0.717, 1.165) is 16.7 Å². The van der Waals surface area contributed by atoms with E-state index in [9.17, 15) is 19.5 Å². The number of carbonyl (C=O) groups excluding carboxylic acids is 3. The highest BCUT2D eigenvalue weighted by molar-refractivity contribution is 6.06. The second kappa shape index (κ2) is 9.82. The predicted octanol–water partition coefficient (Wildman–Crippen LogP) is 2.54. The number of anilines is 1. The Morgan fingerprint density at radius 2 is 1.62 bits per heavy atom. The third-order valence-electron chi connectivity index (χ3n) is 5.73. The molecule has 0 radical (unpaired) electrons. The summed E-state index contributed by atoms with van der Waals surface area (Å²) in [6.07, 6.45) is 0. The molecule has 0 fully saturated rings. The van der Waals surface area contributed by atoms with Crippen LogP contribution in [0.4, 0.5) is 10.5 Å². The maximum absolute atomic E-state index is 13.3. The monoisotopic (exact) mass is 438 g/mol. The minimum Gasteiger partial charge on any atom is -0.394 e. The van der Waals surface area contributed by atoms with Gasteiger partial charge in [-0.2, -0.15) is 0 Å². The number of hydrazine groups is 1. The first kappa shape index (κ1) is 23.3. The zero-order valence-electron chi connectivity index (χ0n) is 18.8. The summed E-state index contributed by atoms with van der Waals surface area (Å²) in [5.41, 5.74) is 5.91. The standard InChI is InChI=1S/C24H30N4O4/c1-14(2)20(13-29)26-24(32)25-16(4)22(30)27-28-21-12-8-7-11-19(21)18-10-6-5-9-17(18)15(3)23(28)31/h5-12,14-16,20,29H,13H2,1-4H3,(H,27,30)(H2,25,26,32)/t15-,16-,20-/m0/s1. The van der Waals surface area contributed by atoms with E-state index in [0.29, 0.717) is 5.69 Å². The van der Waals surface area contributed by atoms with E-state index in [2.05, 4.69) is 16.1 Å². The Bertz CT molecular complexity index is 1010. The van der Waals surface area contributed by atoms with Crippen LogP contribution in [0.25, 0.3) is 11.1 Å². The van der Waals surface area contributed by atoms with Crippen molar-refractivity contribution < 1.29 is 19.5 Å². The van der Waals surface area contributed by atoms with Gasteiger partial charge in [0.25, 0.3) is 11.8 Å². The second-order valence-corrected chi connectivity index (χ2v) is 8.35. The molecule has 0 bridgehead atoms. The first-order chi connectivity index (χ1) is 15.2. The lowest BCUT2D eigenvalue weighted by Gasteiger charge is -2.27. The first-order valence-electron chi connectivity index (χ1n) is 10.7. The molecule has 0 aromatic heterocycles. The third-order valence-corrected chi connectivity index (χ3v) is 5.73. The maximum Gasteiger partial charge on any atom is 0.315 e. The summed E-state index contributed by atoms with van der Waals surface area (Å²) in [7, 11) is 0. The molecule has 4 N–H and O–H groups in total. The number of hydrogen-bond donors (Lipinski definition) is 4. The van der Waals surface area contributed by atoms with E-state index in [-0.39, 0.29) is 18.4 Å². The zero-order chi connectivity index (χ0) is 23.4. The summed E-state index contributed by atoms with van der Waals surface area (Å²) in [6, 6.07) is 13.2. The van der Waals surface area contributed by atoms with Gasteiger partial charge in [-0.15, -0.1) is 0 Å². The van der Waals surface area contributed by atoms with Crippen molar-refractivity contribution in [1.82, 2.24) is 16.1 Å². The molecule has 8 nitrogen and oxygen atoms in total. The molecule has 2 aromatic rings. The number of nitrogens with one attached hydrogen (secondary N) is 3. The van der Waals surface area contributed by atoms with Crippen molar-refractivity contribution >= 4 is 23.5 Å². The fraction of sp³-hybridized carbons (Fsp3) is 0.375. The Labute approximate surface area is 188 Å². The molecule has 3 rings (SSSR count). The number of aliphatic hydroxyl groups excluding tert-OH is 1. The number of rotatable bonds is 6. The Morgan fingerprint density at radius 1 is 1.00 bits per heavy atom. The van der Waals surface area contributed by atoms with E-state index >= 15 is 0 Å². The number of aliphatic hydroxyl groups is 1. The number of benzene rings is 2. The van der Waals surface area contributed by atoms with Crippen LogP contribution in [0.3, 0.4) is 0 Å². The molecule has 0 saturated heterocycles. The average molecular weight is 439 g/mol. The van der Waals surface area contributed by atoms with Gasteiger partial charge in [-0.1, -0.05) is 56.3 Å². The fourth-order valence-corrected chi connectivity index (χ4v) is 3.68. The number of fused-ring (bicyclic) bond motifs is 3. The zero-order valence-corrected chi connectivity index (χ0v) is 18.8. The quantitative estimate of drug-likeness (QED) is 0.555. The molecule has 1 aliphatic rings. The molecule has 3 atom stereocenters. The van der Waals surface area contributed by atoms with Gasteiger partial charge in [0.05, 0.1) is 24.3 Å². The SMILES string of the molecule is CC(C)[C@H](CO)NC(=O)N[C@@H](C)C(=O)NN1C(=O)[C@@H](C)c2ccccc2-c2ccccc21. The molecule has 2 aromatic carbocycles. The molecule has 8 heteroatoms. The highest BCUT2D eigenvalue weighted by Crippen LogP contribution is 2.39. The summed E-state index contributed by atoms with van der Waals surface area (Å²) in [6.45, 7) is 6.88. The summed E-state index contributed by atoms with van der Waals surface area (Å²) >= 11 is 0. The Morgan fingerprint density at radius 3 is 2.28 bits per heavy atom. The summed E-state index contributed by atoms with van der Waals surface area (Å²) in [4.78, 5) is 38.4. The van der Waals surface area contributed by atoms with Crippen LogP contribution in [-0.4, -0.2) is 41.6 Å². The van der Waals surface area contributed by atoms with Crippen molar-refractivity contribution in [2.45, 2.75) is 45.7 Å². The normalized spacial score (nSPS) is 17.0. The van der Waals surface area contributed by atoms with Crippen LogP contribution in [0.1, 0.15) is 39.2 Å². The molecule has 0 saturated carbocycles. The van der Waals surface area contributed by atoms with Gasteiger partial charge in [-0.3, -0.25) is 15.0 Å². The average Bonchev–Trinajstić information content (AvgIpc) is 2.87. The van der Waals surface area contributed by atoms with Gasteiger partial charge in [-0.25, -0.2) is 9.80 Å². The van der Waals surface area contributed by atoms with Crippen molar-refractivity contribution in [3.05, 3.63) is 54.1 Å². The maximum atomic E-state index is 13.3. The van der Waals surface area contributed by atoms with Gasteiger partial charge in [0.15, 0.2) is 0 Å². The number of amides is 4. The third kappa shape index (κ3) is 4.75. The van der Waals surface area contributed by atoms with E-state index in [1.807, 2.05) is 57.2 Å². The molecular formula is C24H30N4O4. The van der Waals surface area contributed by atoms with Gasteiger partial charge in [0, 0.05) is 5.56 Å². The lowest BCUT2D eigenvalue weighted by atomic mass is 9.92. The number of urea groups is 1. The Balaban J connectivity index is 1.80. The molecule has 1 aliphatic heterocycles. The molecule has 0 aliphatic carbocycles. The van der Waals surface area contributed by atoms with Crippen LogP contribution in [0.15, 0.2) is 48.5 Å². The summed E-state index contributed by atoms with van der Waals surface area (Å²) < 4.78 is 0. The van der Waals surface area contributed by atoms with Gasteiger partial charge in [0.1, 0.15) is 6.04 Å². The van der Waals surface area contributed by atoms with E-state index in [1.54, 1.807) is 12.1 Å². The van der Waals surface area contributed by atoms with Gasteiger partial charge >= 0.3 is 6.03 Å². The smallest absolute Gasteiger partial charge is 0.315 e. The van der Waals surface area contributed by atoms with Crippen LogP contribution in [0.5, 0.6) is 0 Å².